The van der Waals surface area contributed by atoms with E-state index in [0.717, 1.165) is 59.5 Å². The van der Waals surface area contributed by atoms with Crippen LogP contribution in [0.15, 0.2) is 59.7 Å². The van der Waals surface area contributed by atoms with Gasteiger partial charge in [-0.15, -0.1) is 6.42 Å². The lowest BCUT2D eigenvalue weighted by Gasteiger charge is -2.36. The van der Waals surface area contributed by atoms with Gasteiger partial charge < -0.3 is 19.6 Å². The van der Waals surface area contributed by atoms with Crippen LogP contribution in [0, 0.1) is 12.3 Å². The quantitative estimate of drug-likeness (QED) is 0.362. The number of amides is 1. The van der Waals surface area contributed by atoms with E-state index in [1.807, 2.05) is 42.4 Å². The normalized spacial score (nSPS) is 22.2. The highest BCUT2D eigenvalue weighted by molar-refractivity contribution is 6.04. The molecular weight excluding hydrogens is 478 g/mol. The number of carbonyl (C=O) groups excluding carboxylic acids is 1. The number of hydrogen-bond acceptors (Lipinski definition) is 7. The standard InChI is InChI=1S/C29H25N7O2/c1-3-21-22(19-14-18-6-4-5-7-20(18)32-15-19)23-24(30)33-17-34-25(23)36(21)29-10-8-28(16-29,9-11-29)35(2)27(37)26-31-12-13-38-26/h1,4-7,12-15,17H,8-11,16H2,2H3,(H2,30,33,34). The topological polar surface area (TPSA) is 116 Å². The molecule has 0 atom stereocenters. The first kappa shape index (κ1) is 22.5. The van der Waals surface area contributed by atoms with Crippen LogP contribution < -0.4 is 5.73 Å². The molecule has 9 heteroatoms. The predicted octanol–water partition coefficient (Wildman–Crippen LogP) is 4.38. The van der Waals surface area contributed by atoms with Gasteiger partial charge >= 0.3 is 5.91 Å². The molecule has 0 spiro atoms. The highest BCUT2D eigenvalue weighted by Gasteiger charge is 2.59. The number of nitrogens with zero attached hydrogens (tertiary/aromatic N) is 6. The molecule has 9 nitrogen and oxygen atoms in total. The molecule has 0 aliphatic heterocycles. The van der Waals surface area contributed by atoms with E-state index in [1.54, 1.807) is 0 Å². The van der Waals surface area contributed by atoms with Crippen LogP contribution in [0.25, 0.3) is 33.1 Å². The molecule has 1 aromatic carbocycles. The molecule has 0 radical (unpaired) electrons. The predicted molar refractivity (Wildman–Crippen MR) is 143 cm³/mol. The Morgan fingerprint density at radius 2 is 1.97 bits per heavy atom. The summed E-state index contributed by atoms with van der Waals surface area (Å²) in [6.07, 6.45) is 16.6. The van der Waals surface area contributed by atoms with Crippen molar-refractivity contribution < 1.29 is 9.21 Å². The minimum absolute atomic E-state index is 0.105. The SMILES string of the molecule is C#Cc1c(-c2cnc3ccccc3c2)c2c(N)ncnc2n1C12CCC(N(C)C(=O)c3ncco3)(CC1)C2. The number of aromatic nitrogens is 5. The monoisotopic (exact) mass is 503 g/mol. The van der Waals surface area contributed by atoms with E-state index in [2.05, 4.69) is 31.5 Å². The molecule has 2 fully saturated rings. The van der Waals surface area contributed by atoms with Crippen LogP contribution in [0.5, 0.6) is 0 Å². The average molecular weight is 504 g/mol. The maximum atomic E-state index is 13.2. The van der Waals surface area contributed by atoms with Gasteiger partial charge in [-0.1, -0.05) is 24.1 Å². The number of oxazole rings is 1. The summed E-state index contributed by atoms with van der Waals surface area (Å²) >= 11 is 0. The Hall–Kier alpha value is -4.71. The number of terminal acetylenes is 1. The Labute approximate surface area is 218 Å². The van der Waals surface area contributed by atoms with Crippen LogP contribution in [-0.4, -0.2) is 47.9 Å². The van der Waals surface area contributed by atoms with E-state index >= 15 is 0 Å². The number of para-hydroxylation sites is 1. The minimum Gasteiger partial charge on any atom is -0.441 e. The lowest BCUT2D eigenvalue weighted by Crippen LogP contribution is -2.46. The van der Waals surface area contributed by atoms with Crippen LogP contribution in [0.3, 0.4) is 0 Å². The third kappa shape index (κ3) is 2.97. The first-order chi connectivity index (χ1) is 18.5. The molecule has 5 aromatic rings. The fraction of sp³-hybridized carbons (Fsp3) is 0.276. The maximum absolute atomic E-state index is 13.2. The van der Waals surface area contributed by atoms with Crippen molar-refractivity contribution in [1.82, 2.24) is 29.4 Å². The highest BCUT2D eigenvalue weighted by Crippen LogP contribution is 2.59. The van der Waals surface area contributed by atoms with Crippen molar-refractivity contribution >= 4 is 33.7 Å². The van der Waals surface area contributed by atoms with Gasteiger partial charge in [0.25, 0.3) is 5.89 Å². The van der Waals surface area contributed by atoms with Gasteiger partial charge in [-0.3, -0.25) is 9.78 Å². The van der Waals surface area contributed by atoms with Crippen molar-refractivity contribution in [3.05, 3.63) is 66.9 Å². The number of hydrogen-bond donors (Lipinski definition) is 1. The molecule has 188 valence electrons. The summed E-state index contributed by atoms with van der Waals surface area (Å²) in [4.78, 5) is 32.8. The molecule has 7 rings (SSSR count). The molecule has 0 unspecified atom stereocenters. The Morgan fingerprint density at radius 1 is 1.16 bits per heavy atom. The Kier molecular flexibility index (Phi) is 4.67. The zero-order valence-corrected chi connectivity index (χ0v) is 20.9. The van der Waals surface area contributed by atoms with Crippen LogP contribution in [0.2, 0.25) is 0 Å². The molecule has 0 saturated heterocycles. The molecule has 2 aliphatic carbocycles. The fourth-order valence-electron chi connectivity index (χ4n) is 6.81. The number of nitrogens with two attached hydrogens (primary N) is 1. The molecule has 4 heterocycles. The lowest BCUT2D eigenvalue weighted by molar-refractivity contribution is 0.0535. The van der Waals surface area contributed by atoms with E-state index in [9.17, 15) is 4.79 Å². The van der Waals surface area contributed by atoms with Crippen molar-refractivity contribution in [2.45, 2.75) is 43.2 Å². The van der Waals surface area contributed by atoms with Crippen LogP contribution in [0.4, 0.5) is 5.82 Å². The number of anilines is 1. The summed E-state index contributed by atoms with van der Waals surface area (Å²) in [6.45, 7) is 0. The summed E-state index contributed by atoms with van der Waals surface area (Å²) in [7, 11) is 1.84. The van der Waals surface area contributed by atoms with Gasteiger partial charge in [0, 0.05) is 40.8 Å². The molecule has 1 amide bonds. The van der Waals surface area contributed by atoms with E-state index < -0.39 is 0 Å². The summed E-state index contributed by atoms with van der Waals surface area (Å²) in [5, 5.41) is 1.75. The zero-order valence-electron chi connectivity index (χ0n) is 20.9. The zero-order chi connectivity index (χ0) is 26.1. The fourth-order valence-corrected chi connectivity index (χ4v) is 6.81. The Balaban J connectivity index is 1.40. The molecule has 2 bridgehead atoms. The molecule has 2 saturated carbocycles. The first-order valence-corrected chi connectivity index (χ1v) is 12.6. The van der Waals surface area contributed by atoms with Crippen LogP contribution >= 0.6 is 0 Å². The largest absolute Gasteiger partial charge is 0.441 e. The van der Waals surface area contributed by atoms with Gasteiger partial charge in [0.1, 0.15) is 29.7 Å². The smallest absolute Gasteiger partial charge is 0.309 e. The summed E-state index contributed by atoms with van der Waals surface area (Å²) in [5.41, 5.74) is 9.87. The van der Waals surface area contributed by atoms with Gasteiger partial charge in [-0.05, 0) is 44.2 Å². The van der Waals surface area contributed by atoms with Crippen molar-refractivity contribution in [1.29, 1.82) is 0 Å². The van der Waals surface area contributed by atoms with E-state index in [0.29, 0.717) is 17.2 Å². The van der Waals surface area contributed by atoms with Gasteiger partial charge in [0.2, 0.25) is 0 Å². The molecule has 38 heavy (non-hydrogen) atoms. The van der Waals surface area contributed by atoms with Crippen molar-refractivity contribution in [2.75, 3.05) is 12.8 Å². The third-order valence-corrected chi connectivity index (χ3v) is 8.67. The van der Waals surface area contributed by atoms with E-state index in [4.69, 9.17) is 21.6 Å². The Bertz CT molecular complexity index is 1770. The summed E-state index contributed by atoms with van der Waals surface area (Å²) in [5.74, 6) is 3.25. The summed E-state index contributed by atoms with van der Waals surface area (Å²) in [6, 6.07) is 10.1. The van der Waals surface area contributed by atoms with Gasteiger partial charge in [-0.2, -0.15) is 0 Å². The van der Waals surface area contributed by atoms with Crippen LogP contribution in [0.1, 0.15) is 48.5 Å². The number of fused-ring (bicyclic) bond motifs is 4. The van der Waals surface area contributed by atoms with Crippen molar-refractivity contribution in [3.63, 3.8) is 0 Å². The van der Waals surface area contributed by atoms with E-state index in [-0.39, 0.29) is 22.9 Å². The minimum atomic E-state index is -0.322. The summed E-state index contributed by atoms with van der Waals surface area (Å²) < 4.78 is 7.51. The second-order valence-electron chi connectivity index (χ2n) is 10.4. The third-order valence-electron chi connectivity index (χ3n) is 8.67. The lowest BCUT2D eigenvalue weighted by atomic mass is 9.90. The van der Waals surface area contributed by atoms with Gasteiger partial charge in [-0.25, -0.2) is 15.0 Å². The highest BCUT2D eigenvalue weighted by atomic mass is 16.4. The molecule has 2 aliphatic rings. The number of pyridine rings is 1. The second-order valence-corrected chi connectivity index (χ2v) is 10.4. The average Bonchev–Trinajstić information content (AvgIpc) is 3.74. The number of nitrogen functional groups attached to an aromatic ring is 1. The van der Waals surface area contributed by atoms with Crippen LogP contribution in [-0.2, 0) is 5.54 Å². The number of rotatable bonds is 4. The number of carbonyl (C=O) groups is 1. The van der Waals surface area contributed by atoms with Crippen molar-refractivity contribution in [3.8, 4) is 23.5 Å². The first-order valence-electron chi connectivity index (χ1n) is 12.6. The Morgan fingerprint density at radius 3 is 2.74 bits per heavy atom. The number of benzene rings is 1. The van der Waals surface area contributed by atoms with Gasteiger partial charge in [0.05, 0.1) is 17.1 Å². The molecule has 2 N–H and O–H groups in total. The second kappa shape index (κ2) is 7.89. The maximum Gasteiger partial charge on any atom is 0.309 e. The molecule has 4 aromatic heterocycles. The molecular formula is C29H25N7O2. The van der Waals surface area contributed by atoms with Crippen molar-refractivity contribution in [2.24, 2.45) is 0 Å². The van der Waals surface area contributed by atoms with Gasteiger partial charge in [0.15, 0.2) is 0 Å². The van der Waals surface area contributed by atoms with E-state index in [1.165, 1.54) is 18.8 Å².